The van der Waals surface area contributed by atoms with Crippen LogP contribution in [0.25, 0.3) is 0 Å². The van der Waals surface area contributed by atoms with E-state index in [4.69, 9.17) is 18.0 Å². The molecular weight excluding hydrogens is 132 g/mol. The molecule has 3 heteroatoms. The van der Waals surface area contributed by atoms with Crippen LogP contribution >= 0.6 is 12.2 Å². The molecule has 0 radical (unpaired) electrons. The summed E-state index contributed by atoms with van der Waals surface area (Å²) in [5, 5.41) is 3.27. The van der Waals surface area contributed by atoms with E-state index < -0.39 is 0 Å². The minimum absolute atomic E-state index is 0.0463. The van der Waals surface area contributed by atoms with Crippen molar-refractivity contribution in [1.82, 2.24) is 5.32 Å². The van der Waals surface area contributed by atoms with E-state index in [2.05, 4.69) is 12.2 Å². The van der Waals surface area contributed by atoms with E-state index in [0.717, 1.165) is 13.0 Å². The van der Waals surface area contributed by atoms with Gasteiger partial charge in [-0.15, -0.1) is 0 Å². The Labute approximate surface area is 60.8 Å². The number of nitrogens with one attached hydrogen (secondary N) is 1. The summed E-state index contributed by atoms with van der Waals surface area (Å²) >= 11 is 4.88. The molecule has 0 aromatic heterocycles. The van der Waals surface area contributed by atoms with E-state index in [9.17, 15) is 0 Å². The highest BCUT2D eigenvalue weighted by atomic mass is 32.1. The average molecular weight is 144 g/mol. The molecule has 0 bridgehead atoms. The van der Waals surface area contributed by atoms with E-state index in [1.165, 1.54) is 6.42 Å². The van der Waals surface area contributed by atoms with Gasteiger partial charge in [-0.1, -0.05) is 12.2 Å². The Balaban J connectivity index is 2.61. The molecule has 1 heterocycles. The van der Waals surface area contributed by atoms with E-state index in [1.807, 2.05) is 0 Å². The Morgan fingerprint density at radius 2 is 2.44 bits per heavy atom. The van der Waals surface area contributed by atoms with Gasteiger partial charge in [0, 0.05) is 0 Å². The van der Waals surface area contributed by atoms with Crippen LogP contribution in [0.3, 0.4) is 0 Å². The Bertz CT molecular complexity index is 127. The first-order valence-corrected chi connectivity index (χ1v) is 3.61. The van der Waals surface area contributed by atoms with Crippen molar-refractivity contribution in [3.05, 3.63) is 0 Å². The van der Waals surface area contributed by atoms with Crippen molar-refractivity contribution >= 4 is 17.2 Å². The van der Waals surface area contributed by atoms with Crippen LogP contribution < -0.4 is 11.1 Å². The molecule has 1 rings (SSSR count). The van der Waals surface area contributed by atoms with Crippen molar-refractivity contribution in [3.8, 4) is 0 Å². The molecule has 9 heavy (non-hydrogen) atoms. The summed E-state index contributed by atoms with van der Waals surface area (Å²) in [5.74, 6) is 0. The van der Waals surface area contributed by atoms with Gasteiger partial charge in [0.1, 0.15) is 0 Å². The molecule has 1 aliphatic rings. The lowest BCUT2D eigenvalue weighted by Gasteiger charge is -2.21. The zero-order valence-electron chi connectivity index (χ0n) is 5.61. The van der Waals surface area contributed by atoms with Crippen LogP contribution in [0.4, 0.5) is 0 Å². The van der Waals surface area contributed by atoms with Gasteiger partial charge in [0.05, 0.1) is 10.5 Å². The molecule has 0 aromatic carbocycles. The molecule has 2 nitrogen and oxygen atoms in total. The minimum atomic E-state index is -0.0463. The third-order valence-corrected chi connectivity index (χ3v) is 2.36. The Morgan fingerprint density at radius 1 is 1.78 bits per heavy atom. The molecule has 0 aromatic rings. The normalized spacial score (nSPS) is 34.8. The van der Waals surface area contributed by atoms with E-state index in [0.29, 0.717) is 4.99 Å². The lowest BCUT2D eigenvalue weighted by molar-refractivity contribution is 0.559. The fourth-order valence-electron chi connectivity index (χ4n) is 1.10. The molecule has 1 saturated heterocycles. The maximum absolute atomic E-state index is 5.50. The first kappa shape index (κ1) is 6.96. The quantitative estimate of drug-likeness (QED) is 0.524. The minimum Gasteiger partial charge on any atom is -0.392 e. The lowest BCUT2D eigenvalue weighted by atomic mass is 10.0. The number of hydrogen-bond acceptors (Lipinski definition) is 2. The van der Waals surface area contributed by atoms with Gasteiger partial charge in [0.25, 0.3) is 0 Å². The second-order valence-electron chi connectivity index (χ2n) is 2.73. The van der Waals surface area contributed by atoms with Crippen LogP contribution in [0.2, 0.25) is 0 Å². The molecule has 1 fully saturated rings. The molecule has 0 aliphatic carbocycles. The molecule has 1 unspecified atom stereocenters. The summed E-state index contributed by atoms with van der Waals surface area (Å²) in [6.07, 6.45) is 2.27. The summed E-state index contributed by atoms with van der Waals surface area (Å²) in [6.45, 7) is 3.11. The summed E-state index contributed by atoms with van der Waals surface area (Å²) in [5.41, 5.74) is 5.45. The Morgan fingerprint density at radius 3 is 2.67 bits per heavy atom. The zero-order chi connectivity index (χ0) is 6.91. The third kappa shape index (κ3) is 1.22. The Kier molecular flexibility index (Phi) is 1.73. The molecule has 3 N–H and O–H groups in total. The fourth-order valence-corrected chi connectivity index (χ4v) is 1.28. The van der Waals surface area contributed by atoms with Crippen LogP contribution in [-0.2, 0) is 0 Å². The summed E-state index contributed by atoms with van der Waals surface area (Å²) in [7, 11) is 0. The van der Waals surface area contributed by atoms with Gasteiger partial charge in [0.15, 0.2) is 0 Å². The lowest BCUT2D eigenvalue weighted by Crippen LogP contribution is -2.47. The number of nitrogens with two attached hydrogens (primary N) is 1. The molecule has 0 saturated carbocycles. The molecule has 1 atom stereocenters. The third-order valence-electron chi connectivity index (χ3n) is 1.91. The number of rotatable bonds is 1. The first-order chi connectivity index (χ1) is 4.15. The molecule has 52 valence electrons. The molecule has 0 amide bonds. The van der Waals surface area contributed by atoms with Crippen molar-refractivity contribution in [2.45, 2.75) is 25.3 Å². The number of hydrogen-bond donors (Lipinski definition) is 2. The highest BCUT2D eigenvalue weighted by molar-refractivity contribution is 7.80. The maximum atomic E-state index is 5.50. The Hall–Kier alpha value is -0.150. The van der Waals surface area contributed by atoms with Gasteiger partial charge in [0.2, 0.25) is 0 Å². The maximum Gasteiger partial charge on any atom is 0.0928 e. The van der Waals surface area contributed by atoms with Crippen LogP contribution in [0, 0.1) is 0 Å². The van der Waals surface area contributed by atoms with Crippen molar-refractivity contribution in [2.75, 3.05) is 6.54 Å². The van der Waals surface area contributed by atoms with Crippen molar-refractivity contribution in [3.63, 3.8) is 0 Å². The second-order valence-corrected chi connectivity index (χ2v) is 3.17. The van der Waals surface area contributed by atoms with Gasteiger partial charge >= 0.3 is 0 Å². The highest BCUT2D eigenvalue weighted by Crippen LogP contribution is 2.17. The van der Waals surface area contributed by atoms with Crippen LogP contribution in [-0.4, -0.2) is 17.1 Å². The van der Waals surface area contributed by atoms with Crippen molar-refractivity contribution in [1.29, 1.82) is 0 Å². The molecular formula is C6H12N2S. The van der Waals surface area contributed by atoms with Crippen molar-refractivity contribution in [2.24, 2.45) is 5.73 Å². The SMILES string of the molecule is CC1(C(N)=S)CCCN1. The van der Waals surface area contributed by atoms with E-state index >= 15 is 0 Å². The van der Waals surface area contributed by atoms with Crippen LogP contribution in [0.15, 0.2) is 0 Å². The van der Waals surface area contributed by atoms with Gasteiger partial charge < -0.3 is 11.1 Å². The van der Waals surface area contributed by atoms with Gasteiger partial charge in [-0.05, 0) is 26.3 Å². The van der Waals surface area contributed by atoms with Gasteiger partial charge in [-0.3, -0.25) is 0 Å². The second kappa shape index (κ2) is 2.23. The zero-order valence-corrected chi connectivity index (χ0v) is 6.42. The number of thiocarbonyl (C=S) groups is 1. The molecule has 0 spiro atoms. The van der Waals surface area contributed by atoms with Gasteiger partial charge in [-0.25, -0.2) is 0 Å². The highest BCUT2D eigenvalue weighted by Gasteiger charge is 2.30. The van der Waals surface area contributed by atoms with Crippen LogP contribution in [0.5, 0.6) is 0 Å². The van der Waals surface area contributed by atoms with E-state index in [-0.39, 0.29) is 5.54 Å². The monoisotopic (exact) mass is 144 g/mol. The average Bonchev–Trinajstić information content (AvgIpc) is 2.16. The van der Waals surface area contributed by atoms with Gasteiger partial charge in [-0.2, -0.15) is 0 Å². The summed E-state index contributed by atoms with van der Waals surface area (Å²) in [6, 6.07) is 0. The fraction of sp³-hybridized carbons (Fsp3) is 0.833. The standard InChI is InChI=1S/C6H12N2S/c1-6(5(7)9)3-2-4-8-6/h8H,2-4H2,1H3,(H2,7,9). The van der Waals surface area contributed by atoms with Crippen LogP contribution in [0.1, 0.15) is 19.8 Å². The van der Waals surface area contributed by atoms with E-state index in [1.54, 1.807) is 0 Å². The summed E-state index contributed by atoms with van der Waals surface area (Å²) < 4.78 is 0. The summed E-state index contributed by atoms with van der Waals surface area (Å²) in [4.78, 5) is 0.597. The molecule has 1 aliphatic heterocycles. The first-order valence-electron chi connectivity index (χ1n) is 3.20. The predicted molar refractivity (Wildman–Crippen MR) is 42.4 cm³/mol. The van der Waals surface area contributed by atoms with Crippen molar-refractivity contribution < 1.29 is 0 Å². The predicted octanol–water partition coefficient (Wildman–Crippen LogP) is 0.415. The largest absolute Gasteiger partial charge is 0.392 e. The smallest absolute Gasteiger partial charge is 0.0928 e. The topological polar surface area (TPSA) is 38.0 Å².